The van der Waals surface area contributed by atoms with Gasteiger partial charge in [0.25, 0.3) is 0 Å². The van der Waals surface area contributed by atoms with Gasteiger partial charge in [0.15, 0.2) is 0 Å². The van der Waals surface area contributed by atoms with Gasteiger partial charge in [0.2, 0.25) is 0 Å². The van der Waals surface area contributed by atoms with E-state index in [1.807, 2.05) is 50.2 Å². The number of rotatable bonds is 3. The third-order valence-corrected chi connectivity index (χ3v) is 3.91. The van der Waals surface area contributed by atoms with Crippen molar-refractivity contribution in [1.29, 1.82) is 0 Å². The lowest BCUT2D eigenvalue weighted by Gasteiger charge is -2.16. The summed E-state index contributed by atoms with van der Waals surface area (Å²) in [6.45, 7) is 3.99. The summed E-state index contributed by atoms with van der Waals surface area (Å²) in [5, 5.41) is 10.5. The minimum Gasteiger partial charge on any atom is -0.496 e. The molecule has 0 saturated heterocycles. The quantitative estimate of drug-likeness (QED) is 0.830. The fourth-order valence-electron chi connectivity index (χ4n) is 2.30. The summed E-state index contributed by atoms with van der Waals surface area (Å²) < 4.78 is 6.51. The molecule has 0 spiro atoms. The maximum absolute atomic E-state index is 10.5. The molecule has 0 aliphatic carbocycles. The molecule has 2 nitrogen and oxygen atoms in total. The zero-order valence-corrected chi connectivity index (χ0v) is 13.4. The molecule has 1 unspecified atom stereocenters. The average molecular weight is 368 g/mol. The highest BCUT2D eigenvalue weighted by Gasteiger charge is 2.13. The van der Waals surface area contributed by atoms with E-state index < -0.39 is 6.10 Å². The van der Waals surface area contributed by atoms with Gasteiger partial charge in [-0.25, -0.2) is 0 Å². The predicted octanol–water partition coefficient (Wildman–Crippen LogP) is 4.00. The molecule has 0 fully saturated rings. The molecule has 2 aromatic rings. The Hall–Kier alpha value is -1.07. The van der Waals surface area contributed by atoms with E-state index >= 15 is 0 Å². The molecule has 3 heteroatoms. The lowest BCUT2D eigenvalue weighted by Crippen LogP contribution is -2.02. The van der Waals surface area contributed by atoms with Crippen LogP contribution in [0.3, 0.4) is 0 Å². The fraction of sp³-hybridized carbons (Fsp3) is 0.250. The van der Waals surface area contributed by atoms with Gasteiger partial charge < -0.3 is 9.84 Å². The van der Waals surface area contributed by atoms with Crippen LogP contribution in [0, 0.1) is 17.4 Å². The predicted molar refractivity (Wildman–Crippen MR) is 85.7 cm³/mol. The van der Waals surface area contributed by atoms with Crippen molar-refractivity contribution in [3.05, 3.63) is 62.2 Å². The standard InChI is InChI=1S/C16H17IO2/c1-10-8-13(9-11(2)16(10)19-3)15(18)12-4-6-14(17)7-5-12/h4-9,15,18H,1-3H3. The molecule has 0 aliphatic rings. The summed E-state index contributed by atoms with van der Waals surface area (Å²) in [4.78, 5) is 0. The van der Waals surface area contributed by atoms with Crippen LogP contribution in [-0.2, 0) is 0 Å². The SMILES string of the molecule is COc1c(C)cc(C(O)c2ccc(I)cc2)cc1C. The van der Waals surface area contributed by atoms with Gasteiger partial charge in [-0.1, -0.05) is 12.1 Å². The van der Waals surface area contributed by atoms with Crippen LogP contribution in [0.15, 0.2) is 36.4 Å². The maximum atomic E-state index is 10.5. The molecule has 100 valence electrons. The van der Waals surface area contributed by atoms with Crippen LogP contribution in [-0.4, -0.2) is 12.2 Å². The number of benzene rings is 2. The van der Waals surface area contributed by atoms with Crippen LogP contribution in [0.1, 0.15) is 28.4 Å². The van der Waals surface area contributed by atoms with E-state index in [1.54, 1.807) is 7.11 Å². The van der Waals surface area contributed by atoms with Crippen molar-refractivity contribution < 1.29 is 9.84 Å². The summed E-state index contributed by atoms with van der Waals surface area (Å²) in [6.07, 6.45) is -0.597. The summed E-state index contributed by atoms with van der Waals surface area (Å²) in [5.74, 6) is 0.888. The number of hydrogen-bond acceptors (Lipinski definition) is 2. The third kappa shape index (κ3) is 3.09. The highest BCUT2D eigenvalue weighted by atomic mass is 127. The minimum atomic E-state index is -0.597. The van der Waals surface area contributed by atoms with Gasteiger partial charge in [-0.2, -0.15) is 0 Å². The molecule has 0 bridgehead atoms. The largest absolute Gasteiger partial charge is 0.496 e. The second-order valence-electron chi connectivity index (χ2n) is 4.64. The first kappa shape index (κ1) is 14.3. The van der Waals surface area contributed by atoms with Crippen LogP contribution in [0.25, 0.3) is 0 Å². The maximum Gasteiger partial charge on any atom is 0.124 e. The van der Waals surface area contributed by atoms with Gasteiger partial charge in [0, 0.05) is 3.57 Å². The third-order valence-electron chi connectivity index (χ3n) is 3.19. The Labute approximate surface area is 127 Å². The number of aliphatic hydroxyl groups is 1. The van der Waals surface area contributed by atoms with Crippen LogP contribution in [0.5, 0.6) is 5.75 Å². The monoisotopic (exact) mass is 368 g/mol. The second-order valence-corrected chi connectivity index (χ2v) is 5.89. The Morgan fingerprint density at radius 2 is 1.53 bits per heavy atom. The average Bonchev–Trinajstić information content (AvgIpc) is 2.38. The van der Waals surface area contributed by atoms with Crippen LogP contribution in [0.4, 0.5) is 0 Å². The van der Waals surface area contributed by atoms with Crippen molar-refractivity contribution in [2.24, 2.45) is 0 Å². The fourth-order valence-corrected chi connectivity index (χ4v) is 2.66. The van der Waals surface area contributed by atoms with Gasteiger partial charge in [-0.3, -0.25) is 0 Å². The zero-order valence-electron chi connectivity index (χ0n) is 11.3. The highest BCUT2D eigenvalue weighted by molar-refractivity contribution is 14.1. The van der Waals surface area contributed by atoms with Crippen molar-refractivity contribution in [2.45, 2.75) is 20.0 Å². The Morgan fingerprint density at radius 1 is 1.00 bits per heavy atom. The van der Waals surface area contributed by atoms with Crippen molar-refractivity contribution in [2.75, 3.05) is 7.11 Å². The molecule has 0 heterocycles. The summed E-state index contributed by atoms with van der Waals surface area (Å²) >= 11 is 2.26. The van der Waals surface area contributed by atoms with Gasteiger partial charge in [0.05, 0.1) is 7.11 Å². The van der Waals surface area contributed by atoms with Crippen molar-refractivity contribution in [3.8, 4) is 5.75 Å². The Morgan fingerprint density at radius 3 is 2.00 bits per heavy atom. The van der Waals surface area contributed by atoms with Gasteiger partial charge in [0.1, 0.15) is 11.9 Å². The number of methoxy groups -OCH3 is 1. The van der Waals surface area contributed by atoms with Gasteiger partial charge >= 0.3 is 0 Å². The first-order valence-corrected chi connectivity index (χ1v) is 7.19. The smallest absolute Gasteiger partial charge is 0.124 e. The van der Waals surface area contributed by atoms with Crippen LogP contribution < -0.4 is 4.74 Å². The second kappa shape index (κ2) is 5.92. The highest BCUT2D eigenvalue weighted by Crippen LogP contribution is 2.30. The molecule has 0 aromatic heterocycles. The van der Waals surface area contributed by atoms with Gasteiger partial charge in [-0.05, 0) is 83.0 Å². The number of aryl methyl sites for hydroxylation is 2. The number of halogens is 1. The lowest BCUT2D eigenvalue weighted by atomic mass is 9.97. The summed E-state index contributed by atoms with van der Waals surface area (Å²) in [5.41, 5.74) is 3.89. The van der Waals surface area contributed by atoms with E-state index in [-0.39, 0.29) is 0 Å². The summed E-state index contributed by atoms with van der Waals surface area (Å²) in [6, 6.07) is 11.9. The van der Waals surface area contributed by atoms with Crippen LogP contribution >= 0.6 is 22.6 Å². The zero-order chi connectivity index (χ0) is 14.0. The van der Waals surface area contributed by atoms with Crippen molar-refractivity contribution >= 4 is 22.6 Å². The van der Waals surface area contributed by atoms with Crippen LogP contribution in [0.2, 0.25) is 0 Å². The van der Waals surface area contributed by atoms with E-state index in [4.69, 9.17) is 4.74 Å². The molecule has 0 aliphatic heterocycles. The molecular weight excluding hydrogens is 351 g/mol. The lowest BCUT2D eigenvalue weighted by molar-refractivity contribution is 0.220. The number of aliphatic hydroxyl groups excluding tert-OH is 1. The molecule has 0 radical (unpaired) electrons. The van der Waals surface area contributed by atoms with Crippen molar-refractivity contribution in [3.63, 3.8) is 0 Å². The van der Waals surface area contributed by atoms with Crippen molar-refractivity contribution in [1.82, 2.24) is 0 Å². The van der Waals surface area contributed by atoms with E-state index in [2.05, 4.69) is 22.6 Å². The van der Waals surface area contributed by atoms with Gasteiger partial charge in [-0.15, -0.1) is 0 Å². The van der Waals surface area contributed by atoms with E-state index in [9.17, 15) is 5.11 Å². The molecular formula is C16H17IO2. The van der Waals surface area contributed by atoms with E-state index in [1.165, 1.54) is 0 Å². The molecule has 1 atom stereocenters. The molecule has 19 heavy (non-hydrogen) atoms. The summed E-state index contributed by atoms with van der Waals surface area (Å²) in [7, 11) is 1.67. The first-order valence-electron chi connectivity index (χ1n) is 6.11. The molecule has 0 saturated carbocycles. The number of hydrogen-bond donors (Lipinski definition) is 1. The normalized spacial score (nSPS) is 12.3. The number of ether oxygens (including phenoxy) is 1. The van der Waals surface area contributed by atoms with E-state index in [0.29, 0.717) is 0 Å². The Bertz CT molecular complexity index is 553. The molecule has 1 N–H and O–H groups in total. The molecule has 2 aromatic carbocycles. The molecule has 2 rings (SSSR count). The van der Waals surface area contributed by atoms with E-state index in [0.717, 1.165) is 31.6 Å². The first-order chi connectivity index (χ1) is 9.02. The minimum absolute atomic E-state index is 0.597. The Kier molecular flexibility index (Phi) is 4.47. The molecule has 0 amide bonds. The Balaban J connectivity index is 2.39. The topological polar surface area (TPSA) is 29.5 Å².